The Hall–Kier alpha value is -4.24. The highest BCUT2D eigenvalue weighted by molar-refractivity contribution is 6.18. The smallest absolute Gasteiger partial charge is 0.0195 e. The lowest BCUT2D eigenvalue weighted by atomic mass is 9.71. The van der Waals surface area contributed by atoms with Gasteiger partial charge in [0.05, 0.1) is 0 Å². The van der Waals surface area contributed by atoms with Crippen molar-refractivity contribution in [2.75, 3.05) is 35.3 Å². The number of rotatable bonds is 19. The maximum Gasteiger partial charge on any atom is 0.0195 e. The normalized spacial score (nSPS) is 12.9. The lowest BCUT2D eigenvalue weighted by Gasteiger charge is -2.33. The Kier molecular flexibility index (Phi) is 40.7. The van der Waals surface area contributed by atoms with Gasteiger partial charge in [0.25, 0.3) is 0 Å². The molecule has 0 aliphatic carbocycles. The summed E-state index contributed by atoms with van der Waals surface area (Å²) < 4.78 is 0. The summed E-state index contributed by atoms with van der Waals surface area (Å²) >= 11 is 30.0. The largest absolute Gasteiger partial charge is 0.127 e. The van der Waals surface area contributed by atoms with Crippen molar-refractivity contribution in [3.63, 3.8) is 0 Å². The van der Waals surface area contributed by atoms with Gasteiger partial charge in [-0.2, -0.15) is 0 Å². The second-order valence-electron chi connectivity index (χ2n) is 19.4. The number of hydrogen-bond donors (Lipinski definition) is 0. The van der Waals surface area contributed by atoms with E-state index < -0.39 is 0 Å². The first-order valence-corrected chi connectivity index (χ1v) is 31.9. The average Bonchev–Trinajstić information content (AvgIpc) is 3.49. The number of benzene rings is 8. The molecule has 7 atom stereocenters. The highest BCUT2D eigenvalue weighted by Gasteiger charge is 2.30. The van der Waals surface area contributed by atoms with Crippen LogP contribution in [0.4, 0.5) is 0 Å². The molecule has 8 aromatic rings. The van der Waals surface area contributed by atoms with Gasteiger partial charge in [0.2, 0.25) is 0 Å². The topological polar surface area (TPSA) is 0 Å². The fourth-order valence-corrected chi connectivity index (χ4v) is 10.3. The number of hydrogen-bond acceptors (Lipinski definition) is 0. The number of halogens is 6. The van der Waals surface area contributed by atoms with Gasteiger partial charge in [-0.1, -0.05) is 280 Å². The standard InChI is InChI=1S/C61H62.6C2H5Cl/c1-46(48-23-9-3-10-24-48)39-57(50-27-13-5-14-28-50)42-59(52-31-17-7-18-32-52)44-60(53-33-19-8-20-34-53)45-61(56-38-37-54-35-21-22-36-55(54)41-56)43-58(51-29-15-6-16-30-51)40-47(2)49-25-11-4-12-26-49;6*1-2-3/h3-38,41,46-47,57-61H,39-40,42-45H2,1-2H3;6*2H2,1H3. The molecular formula is C73H92Cl6. The summed E-state index contributed by atoms with van der Waals surface area (Å²) in [5.41, 5.74) is 10.1. The second-order valence-corrected chi connectivity index (χ2v) is 22.6. The van der Waals surface area contributed by atoms with Gasteiger partial charge >= 0.3 is 0 Å². The van der Waals surface area contributed by atoms with Gasteiger partial charge in [-0.15, -0.1) is 69.6 Å². The van der Waals surface area contributed by atoms with E-state index in [4.69, 9.17) is 69.6 Å². The van der Waals surface area contributed by atoms with Crippen LogP contribution < -0.4 is 0 Å². The van der Waals surface area contributed by atoms with Crippen LogP contribution in [0.2, 0.25) is 0 Å². The molecule has 7 unspecified atom stereocenters. The molecule has 0 heterocycles. The minimum atomic E-state index is 0.363. The Morgan fingerprint density at radius 1 is 0.228 bits per heavy atom. The van der Waals surface area contributed by atoms with Crippen LogP contribution in [0.1, 0.15) is 174 Å². The van der Waals surface area contributed by atoms with Gasteiger partial charge < -0.3 is 0 Å². The van der Waals surface area contributed by atoms with Gasteiger partial charge in [0.1, 0.15) is 0 Å². The third-order valence-corrected chi connectivity index (χ3v) is 13.6. The molecule has 0 aromatic heterocycles. The van der Waals surface area contributed by atoms with E-state index in [2.05, 4.69) is 238 Å². The summed E-state index contributed by atoms with van der Waals surface area (Å²) in [6.07, 6.45) is 6.61. The molecule has 0 fully saturated rings. The second kappa shape index (κ2) is 45.4. The van der Waals surface area contributed by atoms with Gasteiger partial charge in [-0.3, -0.25) is 0 Å². The molecule has 0 amide bonds. The molecule has 8 aromatic carbocycles. The van der Waals surface area contributed by atoms with E-state index in [1.54, 1.807) is 0 Å². The first kappa shape index (κ1) is 70.9. The molecule has 0 N–H and O–H groups in total. The maximum absolute atomic E-state index is 5.00. The van der Waals surface area contributed by atoms with Gasteiger partial charge in [-0.25, -0.2) is 0 Å². The molecule has 0 aliphatic rings. The Morgan fingerprint density at radius 3 is 0.696 bits per heavy atom. The fourth-order valence-electron chi connectivity index (χ4n) is 10.3. The Labute approximate surface area is 510 Å². The maximum atomic E-state index is 5.00. The van der Waals surface area contributed by atoms with Crippen LogP contribution in [0.3, 0.4) is 0 Å². The Bertz CT molecular complexity index is 2580. The van der Waals surface area contributed by atoms with E-state index in [0.717, 1.165) is 73.8 Å². The summed E-state index contributed by atoms with van der Waals surface area (Å²) in [5, 5.41) is 2.64. The average molecular weight is 1180 g/mol. The third-order valence-electron chi connectivity index (χ3n) is 13.6. The molecule has 426 valence electrons. The summed E-state index contributed by atoms with van der Waals surface area (Å²) in [6.45, 7) is 16.2. The number of alkyl halides is 6. The van der Waals surface area contributed by atoms with E-state index >= 15 is 0 Å². The Balaban J connectivity index is 0.00000105. The van der Waals surface area contributed by atoms with E-state index in [1.165, 1.54) is 49.7 Å². The quantitative estimate of drug-likeness (QED) is 0.0708. The summed E-state index contributed by atoms with van der Waals surface area (Å²) in [5.74, 6) is 7.20. The van der Waals surface area contributed by atoms with Crippen LogP contribution in [0.5, 0.6) is 0 Å². The lowest BCUT2D eigenvalue weighted by Crippen LogP contribution is -2.16. The van der Waals surface area contributed by atoms with Crippen molar-refractivity contribution in [3.05, 3.63) is 263 Å². The molecule has 0 radical (unpaired) electrons. The first-order chi connectivity index (χ1) is 38.6. The predicted molar refractivity (Wildman–Crippen MR) is 359 cm³/mol. The van der Waals surface area contributed by atoms with Gasteiger partial charge in [-0.05, 0) is 130 Å². The zero-order chi connectivity index (χ0) is 57.9. The van der Waals surface area contributed by atoms with E-state index in [1.807, 2.05) is 41.5 Å². The predicted octanol–water partition coefficient (Wildman–Crippen LogP) is 24.5. The van der Waals surface area contributed by atoms with Crippen molar-refractivity contribution in [3.8, 4) is 0 Å². The van der Waals surface area contributed by atoms with Crippen LogP contribution in [-0.4, -0.2) is 35.3 Å². The van der Waals surface area contributed by atoms with Crippen LogP contribution >= 0.6 is 69.6 Å². The fraction of sp³-hybridized carbons (Fsp3) is 0.370. The molecular weight excluding hydrogens is 1090 g/mol. The van der Waals surface area contributed by atoms with Crippen LogP contribution in [0, 0.1) is 0 Å². The van der Waals surface area contributed by atoms with Crippen molar-refractivity contribution >= 4 is 80.4 Å². The molecule has 0 saturated carbocycles. The molecule has 0 saturated heterocycles. The molecule has 79 heavy (non-hydrogen) atoms. The number of fused-ring (bicyclic) bond motifs is 1. The lowest BCUT2D eigenvalue weighted by molar-refractivity contribution is 0.386. The monoisotopic (exact) mass is 1180 g/mol. The molecule has 8 rings (SSSR count). The highest BCUT2D eigenvalue weighted by atomic mass is 35.5. The van der Waals surface area contributed by atoms with Crippen molar-refractivity contribution in [1.82, 2.24) is 0 Å². The van der Waals surface area contributed by atoms with Crippen LogP contribution in [0.25, 0.3) is 10.8 Å². The first-order valence-electron chi connectivity index (χ1n) is 28.7. The molecule has 0 bridgehead atoms. The van der Waals surface area contributed by atoms with Gasteiger partial charge in [0, 0.05) is 35.3 Å². The van der Waals surface area contributed by atoms with Gasteiger partial charge in [0.15, 0.2) is 0 Å². The molecule has 0 nitrogen and oxygen atoms in total. The third kappa shape index (κ3) is 28.3. The van der Waals surface area contributed by atoms with Crippen molar-refractivity contribution in [2.45, 2.75) is 135 Å². The zero-order valence-electron chi connectivity index (χ0n) is 48.7. The van der Waals surface area contributed by atoms with Crippen LogP contribution in [0.15, 0.2) is 224 Å². The zero-order valence-corrected chi connectivity index (χ0v) is 53.2. The minimum absolute atomic E-state index is 0.363. The SMILES string of the molecule is CC(CC(CC(CC(CC(CC(CC(C)c1ccccc1)c1ccccc1)c1ccc2ccccc2c1)c1ccccc1)c1ccccc1)c1ccccc1)c1ccccc1.CCCl.CCCl.CCCl.CCCl.CCCl.CCCl. The van der Waals surface area contributed by atoms with E-state index in [-0.39, 0.29) is 0 Å². The molecule has 6 heteroatoms. The summed E-state index contributed by atoms with van der Waals surface area (Å²) in [4.78, 5) is 0. The van der Waals surface area contributed by atoms with Crippen molar-refractivity contribution in [1.29, 1.82) is 0 Å². The van der Waals surface area contributed by atoms with Crippen molar-refractivity contribution < 1.29 is 0 Å². The van der Waals surface area contributed by atoms with Crippen molar-refractivity contribution in [2.24, 2.45) is 0 Å². The van der Waals surface area contributed by atoms with E-state index in [0.29, 0.717) is 41.4 Å². The summed E-state index contributed by atoms with van der Waals surface area (Å²) in [7, 11) is 0. The summed E-state index contributed by atoms with van der Waals surface area (Å²) in [6, 6.07) is 84.2. The van der Waals surface area contributed by atoms with E-state index in [9.17, 15) is 0 Å². The minimum Gasteiger partial charge on any atom is -0.127 e. The molecule has 0 spiro atoms. The Morgan fingerprint density at radius 2 is 0.430 bits per heavy atom. The molecule has 0 aliphatic heterocycles. The van der Waals surface area contributed by atoms with Crippen LogP contribution in [-0.2, 0) is 0 Å². The highest BCUT2D eigenvalue weighted by Crippen LogP contribution is 2.47.